The van der Waals surface area contributed by atoms with Crippen LogP contribution in [0, 0.1) is 6.92 Å². The average molecular weight is 431 g/mol. The van der Waals surface area contributed by atoms with Crippen LogP contribution in [0.3, 0.4) is 0 Å². The van der Waals surface area contributed by atoms with E-state index in [9.17, 15) is 31.5 Å². The second kappa shape index (κ2) is 7.03. The lowest BCUT2D eigenvalue weighted by atomic mass is 10.2. The van der Waals surface area contributed by atoms with Gasteiger partial charge in [0.1, 0.15) is 5.69 Å². The Morgan fingerprint density at radius 3 is 2.40 bits per heavy atom. The van der Waals surface area contributed by atoms with E-state index in [1.807, 2.05) is 0 Å². The molecule has 0 aliphatic carbocycles. The molecule has 3 aromatic rings. The Labute approximate surface area is 164 Å². The minimum absolute atomic E-state index is 0.0728. The fourth-order valence-electron chi connectivity index (χ4n) is 2.62. The van der Waals surface area contributed by atoms with Crippen molar-refractivity contribution in [3.8, 4) is 0 Å². The molecular formula is C16H14F5N7O2. The van der Waals surface area contributed by atoms with E-state index in [1.54, 1.807) is 6.92 Å². The molecule has 2 amide bonds. The van der Waals surface area contributed by atoms with Crippen molar-refractivity contribution in [1.29, 1.82) is 0 Å². The van der Waals surface area contributed by atoms with Crippen LogP contribution < -0.4 is 11.1 Å². The van der Waals surface area contributed by atoms with Gasteiger partial charge in [0.15, 0.2) is 17.0 Å². The van der Waals surface area contributed by atoms with E-state index in [1.165, 1.54) is 17.8 Å². The molecule has 0 fully saturated rings. The number of fused-ring (bicyclic) bond motifs is 1. The molecule has 0 bridgehead atoms. The van der Waals surface area contributed by atoms with Gasteiger partial charge in [0, 0.05) is 24.5 Å². The summed E-state index contributed by atoms with van der Waals surface area (Å²) < 4.78 is 68.0. The number of anilines is 1. The first kappa shape index (κ1) is 21.1. The minimum atomic E-state index is -5.88. The standard InChI is InChI=1S/C16H14F5N7O2/c1-3-27-6-9(12(26-27)13(22)29)24-14(30)8-5-11-23-7(2)4-10(28(11)25-8)15(17,18)16(19,20)21/h4-6H,3H2,1-2H3,(H2,22,29)(H,24,30). The van der Waals surface area contributed by atoms with Crippen LogP contribution in [0.5, 0.6) is 0 Å². The number of carbonyl (C=O) groups is 2. The minimum Gasteiger partial charge on any atom is -0.364 e. The van der Waals surface area contributed by atoms with Gasteiger partial charge in [-0.15, -0.1) is 0 Å². The van der Waals surface area contributed by atoms with Gasteiger partial charge in [-0.3, -0.25) is 14.3 Å². The van der Waals surface area contributed by atoms with E-state index in [0.717, 1.165) is 6.07 Å². The van der Waals surface area contributed by atoms with Gasteiger partial charge in [-0.2, -0.15) is 32.1 Å². The number of nitrogens with one attached hydrogen (secondary N) is 1. The molecule has 3 rings (SSSR count). The third kappa shape index (κ3) is 3.55. The molecule has 160 valence electrons. The predicted octanol–water partition coefficient (Wildman–Crippen LogP) is 2.26. The molecule has 0 radical (unpaired) electrons. The molecule has 0 aliphatic heterocycles. The largest absolute Gasteiger partial charge is 0.459 e. The van der Waals surface area contributed by atoms with Crippen LogP contribution in [0.15, 0.2) is 18.3 Å². The molecule has 0 unspecified atom stereocenters. The third-order valence-electron chi connectivity index (χ3n) is 4.03. The van der Waals surface area contributed by atoms with E-state index in [2.05, 4.69) is 20.5 Å². The highest BCUT2D eigenvalue weighted by Gasteiger charge is 2.60. The Kier molecular flexibility index (Phi) is 4.96. The molecule has 0 aliphatic rings. The van der Waals surface area contributed by atoms with Crippen molar-refractivity contribution in [2.45, 2.75) is 32.5 Å². The van der Waals surface area contributed by atoms with Gasteiger partial charge < -0.3 is 11.1 Å². The molecule has 0 spiro atoms. The molecule has 3 N–H and O–H groups in total. The van der Waals surface area contributed by atoms with Gasteiger partial charge in [-0.25, -0.2) is 9.50 Å². The first-order valence-electron chi connectivity index (χ1n) is 8.36. The van der Waals surface area contributed by atoms with Crippen LogP contribution in [-0.4, -0.2) is 42.4 Å². The highest BCUT2D eigenvalue weighted by molar-refractivity contribution is 6.07. The normalized spacial score (nSPS) is 12.4. The second-order valence-corrected chi connectivity index (χ2v) is 6.22. The van der Waals surface area contributed by atoms with Crippen LogP contribution >= 0.6 is 0 Å². The van der Waals surface area contributed by atoms with Crippen molar-refractivity contribution < 1.29 is 31.5 Å². The Bertz CT molecular complexity index is 1150. The number of nitrogens with two attached hydrogens (primary N) is 1. The lowest BCUT2D eigenvalue weighted by Gasteiger charge is -2.20. The SMILES string of the molecule is CCn1cc(NC(=O)c2cc3nc(C)cc(C(F)(F)C(F)(F)F)n3n2)c(C(N)=O)n1. The van der Waals surface area contributed by atoms with Gasteiger partial charge in [0.05, 0.1) is 5.69 Å². The highest BCUT2D eigenvalue weighted by Crippen LogP contribution is 2.43. The number of amides is 2. The summed E-state index contributed by atoms with van der Waals surface area (Å²) in [5.41, 5.74) is 2.35. The van der Waals surface area contributed by atoms with Crippen molar-refractivity contribution in [3.05, 3.63) is 41.1 Å². The van der Waals surface area contributed by atoms with Crippen LogP contribution in [0.2, 0.25) is 0 Å². The maximum Gasteiger partial charge on any atom is 0.459 e. The van der Waals surface area contributed by atoms with Crippen LogP contribution in [0.1, 0.15) is 39.3 Å². The summed E-state index contributed by atoms with van der Waals surface area (Å²) in [6.45, 7) is 3.28. The number of alkyl halides is 5. The van der Waals surface area contributed by atoms with Gasteiger partial charge in [0.25, 0.3) is 11.8 Å². The van der Waals surface area contributed by atoms with E-state index in [4.69, 9.17) is 5.73 Å². The summed E-state index contributed by atoms with van der Waals surface area (Å²) in [5.74, 6) is -7.16. The van der Waals surface area contributed by atoms with Crippen LogP contribution in [0.4, 0.5) is 27.6 Å². The van der Waals surface area contributed by atoms with E-state index in [0.29, 0.717) is 12.6 Å². The quantitative estimate of drug-likeness (QED) is 0.601. The number of nitrogens with zero attached hydrogens (tertiary/aromatic N) is 5. The van der Waals surface area contributed by atoms with Crippen molar-refractivity contribution in [2.24, 2.45) is 5.73 Å². The Hall–Kier alpha value is -3.58. The van der Waals surface area contributed by atoms with Crippen LogP contribution in [-0.2, 0) is 12.5 Å². The first-order chi connectivity index (χ1) is 13.8. The molecule has 0 saturated carbocycles. The number of halogens is 5. The molecule has 0 saturated heterocycles. The number of carbonyl (C=O) groups excluding carboxylic acids is 2. The lowest BCUT2D eigenvalue weighted by Crippen LogP contribution is -2.36. The summed E-state index contributed by atoms with van der Waals surface area (Å²) in [7, 11) is 0. The summed E-state index contributed by atoms with van der Waals surface area (Å²) in [5, 5.41) is 9.71. The number of hydrogen-bond acceptors (Lipinski definition) is 5. The van der Waals surface area contributed by atoms with Crippen molar-refractivity contribution in [1.82, 2.24) is 24.4 Å². The van der Waals surface area contributed by atoms with Gasteiger partial charge in [-0.1, -0.05) is 0 Å². The number of primary amides is 1. The van der Waals surface area contributed by atoms with Crippen molar-refractivity contribution in [2.75, 3.05) is 5.32 Å². The van der Waals surface area contributed by atoms with Crippen molar-refractivity contribution in [3.63, 3.8) is 0 Å². The smallest absolute Gasteiger partial charge is 0.364 e. The van der Waals surface area contributed by atoms with Crippen molar-refractivity contribution >= 4 is 23.1 Å². The number of rotatable bonds is 5. The molecule has 14 heteroatoms. The fraction of sp³-hybridized carbons (Fsp3) is 0.312. The molecule has 3 heterocycles. The Balaban J connectivity index is 2.05. The Morgan fingerprint density at radius 1 is 1.17 bits per heavy atom. The molecule has 0 aromatic carbocycles. The number of aryl methyl sites for hydroxylation is 2. The number of hydrogen-bond donors (Lipinski definition) is 2. The maximum atomic E-state index is 13.9. The summed E-state index contributed by atoms with van der Waals surface area (Å²) in [6, 6.07) is 1.47. The molecular weight excluding hydrogens is 417 g/mol. The zero-order valence-electron chi connectivity index (χ0n) is 15.5. The second-order valence-electron chi connectivity index (χ2n) is 6.22. The zero-order chi connectivity index (χ0) is 22.4. The van der Waals surface area contributed by atoms with E-state index >= 15 is 0 Å². The molecule has 9 nitrogen and oxygen atoms in total. The van der Waals surface area contributed by atoms with Gasteiger partial charge >= 0.3 is 12.1 Å². The topological polar surface area (TPSA) is 120 Å². The summed E-state index contributed by atoms with van der Waals surface area (Å²) in [6.07, 6.45) is -4.58. The maximum absolute atomic E-state index is 13.9. The monoisotopic (exact) mass is 431 g/mol. The average Bonchev–Trinajstić information content (AvgIpc) is 3.23. The van der Waals surface area contributed by atoms with E-state index in [-0.39, 0.29) is 21.6 Å². The molecule has 3 aromatic heterocycles. The molecule has 30 heavy (non-hydrogen) atoms. The van der Waals surface area contributed by atoms with Gasteiger partial charge in [0.2, 0.25) is 0 Å². The Morgan fingerprint density at radius 2 is 1.83 bits per heavy atom. The highest BCUT2D eigenvalue weighted by atomic mass is 19.4. The third-order valence-corrected chi connectivity index (χ3v) is 4.03. The molecule has 0 atom stereocenters. The van der Waals surface area contributed by atoms with Crippen LogP contribution in [0.25, 0.3) is 5.65 Å². The predicted molar refractivity (Wildman–Crippen MR) is 92.0 cm³/mol. The van der Waals surface area contributed by atoms with E-state index < -0.39 is 40.9 Å². The first-order valence-corrected chi connectivity index (χ1v) is 8.36. The fourth-order valence-corrected chi connectivity index (χ4v) is 2.62. The zero-order valence-corrected chi connectivity index (χ0v) is 15.5. The van der Waals surface area contributed by atoms with Gasteiger partial charge in [-0.05, 0) is 19.9 Å². The lowest BCUT2D eigenvalue weighted by molar-refractivity contribution is -0.291. The number of aromatic nitrogens is 5. The summed E-state index contributed by atoms with van der Waals surface area (Å²) >= 11 is 0. The summed E-state index contributed by atoms with van der Waals surface area (Å²) in [4.78, 5) is 27.8.